The summed E-state index contributed by atoms with van der Waals surface area (Å²) in [4.78, 5) is 0. The second-order valence-corrected chi connectivity index (χ2v) is 6.11. The molecule has 1 unspecified atom stereocenters. The lowest BCUT2D eigenvalue weighted by Crippen LogP contribution is -2.37. The molecule has 1 N–H and O–H groups in total. The molecule has 0 aliphatic heterocycles. The van der Waals surface area contributed by atoms with Crippen molar-refractivity contribution < 1.29 is 4.74 Å². The van der Waals surface area contributed by atoms with Gasteiger partial charge in [-0.15, -0.1) is 0 Å². The number of ether oxygens (including phenoxy) is 1. The van der Waals surface area contributed by atoms with Gasteiger partial charge in [-0.3, -0.25) is 0 Å². The first-order valence-electron chi connectivity index (χ1n) is 7.64. The molecule has 2 fully saturated rings. The van der Waals surface area contributed by atoms with Crippen LogP contribution in [0.1, 0.15) is 58.8 Å². The van der Waals surface area contributed by atoms with E-state index in [0.717, 1.165) is 25.0 Å². The van der Waals surface area contributed by atoms with Crippen molar-refractivity contribution in [2.45, 2.75) is 70.9 Å². The van der Waals surface area contributed by atoms with Gasteiger partial charge >= 0.3 is 0 Å². The molecule has 2 aliphatic carbocycles. The van der Waals surface area contributed by atoms with Crippen molar-refractivity contribution >= 4 is 0 Å². The minimum atomic E-state index is 0.552. The number of hydrogen-bond acceptors (Lipinski definition) is 2. The molecule has 0 saturated heterocycles. The summed E-state index contributed by atoms with van der Waals surface area (Å²) in [6, 6.07) is 0.634. The van der Waals surface area contributed by atoms with E-state index in [1.807, 2.05) is 0 Å². The van der Waals surface area contributed by atoms with E-state index in [0.29, 0.717) is 12.1 Å². The largest absolute Gasteiger partial charge is 0.377 e. The fourth-order valence-electron chi connectivity index (χ4n) is 2.83. The smallest absolute Gasteiger partial charge is 0.0626 e. The molecule has 0 radical (unpaired) electrons. The molecule has 17 heavy (non-hydrogen) atoms. The van der Waals surface area contributed by atoms with Gasteiger partial charge in [0.1, 0.15) is 0 Å². The van der Waals surface area contributed by atoms with Crippen molar-refractivity contribution in [2.75, 3.05) is 13.2 Å². The molecule has 0 bridgehead atoms. The van der Waals surface area contributed by atoms with Crippen LogP contribution in [0.4, 0.5) is 0 Å². The summed E-state index contributed by atoms with van der Waals surface area (Å²) in [5, 5.41) is 3.65. The predicted octanol–water partition coefficient (Wildman–Crippen LogP) is 3.36. The Hall–Kier alpha value is -0.0800. The van der Waals surface area contributed by atoms with E-state index >= 15 is 0 Å². The highest BCUT2D eigenvalue weighted by molar-refractivity contribution is 4.86. The monoisotopic (exact) mass is 239 g/mol. The van der Waals surface area contributed by atoms with Gasteiger partial charge in [-0.1, -0.05) is 13.8 Å². The summed E-state index contributed by atoms with van der Waals surface area (Å²) < 4.78 is 6.13. The zero-order valence-corrected chi connectivity index (χ0v) is 11.6. The summed E-state index contributed by atoms with van der Waals surface area (Å²) in [6.45, 7) is 6.70. The Morgan fingerprint density at radius 2 is 1.82 bits per heavy atom. The van der Waals surface area contributed by atoms with Crippen LogP contribution in [0.3, 0.4) is 0 Å². The van der Waals surface area contributed by atoms with Gasteiger partial charge in [0, 0.05) is 6.04 Å². The van der Waals surface area contributed by atoms with Crippen LogP contribution in [0, 0.1) is 11.8 Å². The normalized spacial score (nSPS) is 31.4. The van der Waals surface area contributed by atoms with Gasteiger partial charge in [-0.2, -0.15) is 0 Å². The second kappa shape index (κ2) is 6.75. The van der Waals surface area contributed by atoms with Crippen LogP contribution >= 0.6 is 0 Å². The molecule has 0 spiro atoms. The van der Waals surface area contributed by atoms with Crippen molar-refractivity contribution in [1.29, 1.82) is 0 Å². The summed E-state index contributed by atoms with van der Waals surface area (Å²) in [5.41, 5.74) is 0. The number of rotatable bonds is 7. The van der Waals surface area contributed by atoms with E-state index < -0.39 is 0 Å². The van der Waals surface area contributed by atoms with E-state index in [1.54, 1.807) is 0 Å². The number of nitrogens with one attached hydrogen (secondary N) is 1. The molecule has 2 aliphatic rings. The van der Waals surface area contributed by atoms with E-state index in [-0.39, 0.29) is 0 Å². The Morgan fingerprint density at radius 1 is 1.12 bits per heavy atom. The van der Waals surface area contributed by atoms with Crippen molar-refractivity contribution in [1.82, 2.24) is 5.32 Å². The topological polar surface area (TPSA) is 21.3 Å². The van der Waals surface area contributed by atoms with Crippen LogP contribution in [0.15, 0.2) is 0 Å². The van der Waals surface area contributed by atoms with Gasteiger partial charge in [0.2, 0.25) is 0 Å². The van der Waals surface area contributed by atoms with Crippen LogP contribution in [0.2, 0.25) is 0 Å². The molecular formula is C15H29NO. The molecule has 0 aromatic carbocycles. The first kappa shape index (κ1) is 13.4. The summed E-state index contributed by atoms with van der Waals surface area (Å²) in [7, 11) is 0. The molecule has 0 amide bonds. The van der Waals surface area contributed by atoms with Gasteiger partial charge in [-0.25, -0.2) is 0 Å². The van der Waals surface area contributed by atoms with Crippen molar-refractivity contribution in [3.63, 3.8) is 0 Å². The first-order chi connectivity index (χ1) is 8.29. The molecule has 2 saturated carbocycles. The van der Waals surface area contributed by atoms with Gasteiger partial charge in [0.15, 0.2) is 0 Å². The van der Waals surface area contributed by atoms with Crippen molar-refractivity contribution in [2.24, 2.45) is 11.8 Å². The van der Waals surface area contributed by atoms with Crippen molar-refractivity contribution in [3.8, 4) is 0 Å². The maximum absolute atomic E-state index is 6.13. The molecule has 0 heterocycles. The highest BCUT2D eigenvalue weighted by Gasteiger charge is 2.31. The maximum Gasteiger partial charge on any atom is 0.0626 e. The molecular weight excluding hydrogens is 210 g/mol. The zero-order valence-electron chi connectivity index (χ0n) is 11.6. The van der Waals surface area contributed by atoms with Crippen LogP contribution in [0.25, 0.3) is 0 Å². The average Bonchev–Trinajstić information content (AvgIpc) is 3.16. The average molecular weight is 239 g/mol. The van der Waals surface area contributed by atoms with Crippen LogP contribution < -0.4 is 5.32 Å². The van der Waals surface area contributed by atoms with Crippen LogP contribution in [-0.2, 0) is 4.74 Å². The maximum atomic E-state index is 6.13. The van der Waals surface area contributed by atoms with Gasteiger partial charge < -0.3 is 10.1 Å². The van der Waals surface area contributed by atoms with Gasteiger partial charge in [0.05, 0.1) is 12.7 Å². The molecule has 2 rings (SSSR count). The lowest BCUT2D eigenvalue weighted by molar-refractivity contribution is 0.00540. The molecule has 0 aromatic rings. The molecule has 2 nitrogen and oxygen atoms in total. The quantitative estimate of drug-likeness (QED) is 0.735. The van der Waals surface area contributed by atoms with E-state index in [9.17, 15) is 0 Å². The Balaban J connectivity index is 1.64. The van der Waals surface area contributed by atoms with E-state index in [1.165, 1.54) is 44.9 Å². The summed E-state index contributed by atoms with van der Waals surface area (Å²) in [6.07, 6.45) is 9.89. The van der Waals surface area contributed by atoms with Gasteiger partial charge in [-0.05, 0) is 63.3 Å². The lowest BCUT2D eigenvalue weighted by Gasteiger charge is -2.28. The Bertz CT molecular complexity index is 207. The fraction of sp³-hybridized carbons (Fsp3) is 1.00. The summed E-state index contributed by atoms with van der Waals surface area (Å²) in [5.74, 6) is 1.83. The first-order valence-corrected chi connectivity index (χ1v) is 7.64. The molecule has 100 valence electrons. The summed E-state index contributed by atoms with van der Waals surface area (Å²) >= 11 is 0. The Kier molecular flexibility index (Phi) is 5.30. The van der Waals surface area contributed by atoms with Crippen LogP contribution in [0.5, 0.6) is 0 Å². The highest BCUT2D eigenvalue weighted by atomic mass is 16.5. The third-order valence-corrected chi connectivity index (χ3v) is 4.32. The Morgan fingerprint density at radius 3 is 2.41 bits per heavy atom. The van der Waals surface area contributed by atoms with E-state index in [2.05, 4.69) is 19.2 Å². The number of hydrogen-bond donors (Lipinski definition) is 1. The fourth-order valence-corrected chi connectivity index (χ4v) is 2.83. The Labute approximate surface area is 107 Å². The van der Waals surface area contributed by atoms with E-state index in [4.69, 9.17) is 4.74 Å². The van der Waals surface area contributed by atoms with Crippen molar-refractivity contribution in [3.05, 3.63) is 0 Å². The molecule has 0 aromatic heterocycles. The zero-order chi connectivity index (χ0) is 12.1. The predicted molar refractivity (Wildman–Crippen MR) is 72.2 cm³/mol. The molecule has 1 atom stereocenters. The minimum Gasteiger partial charge on any atom is -0.377 e. The minimum absolute atomic E-state index is 0.552. The second-order valence-electron chi connectivity index (χ2n) is 6.11. The van der Waals surface area contributed by atoms with Gasteiger partial charge in [0.25, 0.3) is 0 Å². The highest BCUT2D eigenvalue weighted by Crippen LogP contribution is 2.33. The third kappa shape index (κ3) is 4.59. The SMILES string of the molecule is CCCNC(COC1CCC(C)CC1)C1CC1. The van der Waals surface area contributed by atoms with Crippen LogP contribution in [-0.4, -0.2) is 25.3 Å². The third-order valence-electron chi connectivity index (χ3n) is 4.32. The standard InChI is InChI=1S/C15H29NO/c1-3-10-16-15(13-6-7-13)11-17-14-8-4-12(2)5-9-14/h12-16H,3-11H2,1-2H3. The lowest BCUT2D eigenvalue weighted by atomic mass is 9.89. The molecule has 2 heteroatoms.